The van der Waals surface area contributed by atoms with Gasteiger partial charge in [-0.25, -0.2) is 0 Å². The van der Waals surface area contributed by atoms with Crippen LogP contribution in [0, 0.1) is 0 Å². The number of amides is 1. The smallest absolute Gasteiger partial charge is 0.264 e. The maximum Gasteiger partial charge on any atom is 0.264 e. The predicted molar refractivity (Wildman–Crippen MR) is 122 cm³/mol. The number of ether oxygens (including phenoxy) is 1. The molecule has 29 heavy (non-hydrogen) atoms. The van der Waals surface area contributed by atoms with Crippen LogP contribution < -0.4 is 20.7 Å². The summed E-state index contributed by atoms with van der Waals surface area (Å²) in [4.78, 5) is 12.0. The predicted octanol–water partition coefficient (Wildman–Crippen LogP) is 4.88. The Bertz CT molecular complexity index is 942. The van der Waals surface area contributed by atoms with E-state index in [1.165, 1.54) is 5.56 Å². The van der Waals surface area contributed by atoms with Crippen LogP contribution in [0.3, 0.4) is 0 Å². The second kappa shape index (κ2) is 10.2. The average Bonchev–Trinajstić information content (AvgIpc) is 2.75. The molecular formula is C23H23N3O2S. The Hall–Kier alpha value is -3.38. The van der Waals surface area contributed by atoms with Gasteiger partial charge in [0.1, 0.15) is 5.75 Å². The Morgan fingerprint density at radius 2 is 1.48 bits per heavy atom. The second-order valence-electron chi connectivity index (χ2n) is 6.36. The number of thiocarbonyl (C=S) groups is 1. The van der Waals surface area contributed by atoms with E-state index in [1.54, 1.807) is 0 Å². The van der Waals surface area contributed by atoms with Crippen molar-refractivity contribution in [1.29, 1.82) is 0 Å². The van der Waals surface area contributed by atoms with Crippen LogP contribution in [0.25, 0.3) is 0 Å². The van der Waals surface area contributed by atoms with Crippen LogP contribution in [0.1, 0.15) is 12.5 Å². The first-order valence-corrected chi connectivity index (χ1v) is 9.78. The maximum atomic E-state index is 12.0. The number of carbonyl (C=O) groups is 1. The van der Waals surface area contributed by atoms with Crippen molar-refractivity contribution in [2.45, 2.75) is 13.3 Å². The highest BCUT2D eigenvalue weighted by molar-refractivity contribution is 7.80. The van der Waals surface area contributed by atoms with Crippen molar-refractivity contribution in [2.75, 3.05) is 17.2 Å². The highest BCUT2D eigenvalue weighted by atomic mass is 32.1. The van der Waals surface area contributed by atoms with Gasteiger partial charge in [-0.1, -0.05) is 37.3 Å². The summed E-state index contributed by atoms with van der Waals surface area (Å²) >= 11 is 5.20. The molecule has 0 aromatic heterocycles. The molecule has 3 aromatic rings. The third-order valence-electron chi connectivity index (χ3n) is 4.16. The van der Waals surface area contributed by atoms with E-state index in [9.17, 15) is 4.79 Å². The van der Waals surface area contributed by atoms with Gasteiger partial charge in [0, 0.05) is 17.1 Å². The first-order valence-electron chi connectivity index (χ1n) is 9.37. The quantitative estimate of drug-likeness (QED) is 0.489. The average molecular weight is 406 g/mol. The molecule has 0 aliphatic carbocycles. The number of rotatable bonds is 7. The Balaban J connectivity index is 1.43. The third-order valence-corrected chi connectivity index (χ3v) is 4.36. The summed E-state index contributed by atoms with van der Waals surface area (Å²) in [5, 5.41) is 9.14. The monoisotopic (exact) mass is 405 g/mol. The van der Waals surface area contributed by atoms with Gasteiger partial charge in [0.05, 0.1) is 0 Å². The molecule has 0 atom stereocenters. The van der Waals surface area contributed by atoms with Crippen LogP contribution >= 0.6 is 12.2 Å². The molecule has 0 unspecified atom stereocenters. The largest absolute Gasteiger partial charge is 0.484 e. The number of anilines is 3. The Morgan fingerprint density at radius 3 is 2.14 bits per heavy atom. The molecule has 0 saturated heterocycles. The zero-order valence-corrected chi connectivity index (χ0v) is 17.0. The lowest BCUT2D eigenvalue weighted by Gasteiger charge is -2.12. The summed E-state index contributed by atoms with van der Waals surface area (Å²) in [7, 11) is 0. The number of aryl methyl sites for hydroxylation is 1. The number of carbonyl (C=O) groups excluding carboxylic acids is 1. The SMILES string of the molecule is CCc1ccc(OCC(=O)NC(=S)Nc2ccc(Nc3ccccc3)cc2)cc1. The van der Waals surface area contributed by atoms with E-state index in [-0.39, 0.29) is 17.6 Å². The van der Waals surface area contributed by atoms with Gasteiger partial charge < -0.3 is 15.4 Å². The molecule has 3 rings (SSSR count). The van der Waals surface area contributed by atoms with Crippen molar-refractivity contribution in [3.63, 3.8) is 0 Å². The Kier molecular flexibility index (Phi) is 7.19. The van der Waals surface area contributed by atoms with Gasteiger partial charge in [0.25, 0.3) is 5.91 Å². The summed E-state index contributed by atoms with van der Waals surface area (Å²) in [5.41, 5.74) is 3.97. The molecular weight excluding hydrogens is 382 g/mol. The maximum absolute atomic E-state index is 12.0. The fraction of sp³-hybridized carbons (Fsp3) is 0.130. The molecule has 0 radical (unpaired) electrons. The van der Waals surface area contributed by atoms with Crippen LogP contribution in [0.15, 0.2) is 78.9 Å². The Labute approximate surface area is 176 Å². The number of benzene rings is 3. The summed E-state index contributed by atoms with van der Waals surface area (Å²) < 4.78 is 5.48. The van der Waals surface area contributed by atoms with E-state index in [0.717, 1.165) is 23.5 Å². The Morgan fingerprint density at radius 1 is 0.862 bits per heavy atom. The molecule has 0 spiro atoms. The van der Waals surface area contributed by atoms with Gasteiger partial charge in [-0.15, -0.1) is 0 Å². The summed E-state index contributed by atoms with van der Waals surface area (Å²) in [6.45, 7) is 1.98. The summed E-state index contributed by atoms with van der Waals surface area (Å²) in [6.07, 6.45) is 0.962. The van der Waals surface area contributed by atoms with E-state index < -0.39 is 0 Å². The van der Waals surface area contributed by atoms with E-state index in [1.807, 2.05) is 78.9 Å². The molecule has 5 nitrogen and oxygen atoms in total. The van der Waals surface area contributed by atoms with Crippen LogP contribution in [-0.4, -0.2) is 17.6 Å². The zero-order valence-electron chi connectivity index (χ0n) is 16.1. The molecule has 0 aliphatic heterocycles. The minimum Gasteiger partial charge on any atom is -0.484 e. The van der Waals surface area contributed by atoms with Gasteiger partial charge in [0.2, 0.25) is 0 Å². The van der Waals surface area contributed by atoms with Crippen molar-refractivity contribution in [3.8, 4) is 5.75 Å². The number of nitrogens with one attached hydrogen (secondary N) is 3. The molecule has 148 valence electrons. The molecule has 3 aromatic carbocycles. The summed E-state index contributed by atoms with van der Waals surface area (Å²) in [5.74, 6) is 0.335. The lowest BCUT2D eigenvalue weighted by atomic mass is 10.2. The molecule has 0 saturated carbocycles. The van der Waals surface area contributed by atoms with Crippen molar-refractivity contribution in [1.82, 2.24) is 5.32 Å². The van der Waals surface area contributed by atoms with Crippen molar-refractivity contribution in [3.05, 3.63) is 84.4 Å². The van der Waals surface area contributed by atoms with Gasteiger partial charge in [-0.05, 0) is 72.7 Å². The molecule has 0 aliphatic rings. The molecule has 0 bridgehead atoms. The van der Waals surface area contributed by atoms with Crippen molar-refractivity contribution >= 4 is 40.3 Å². The van der Waals surface area contributed by atoms with E-state index >= 15 is 0 Å². The van der Waals surface area contributed by atoms with Crippen LogP contribution in [0.4, 0.5) is 17.1 Å². The topological polar surface area (TPSA) is 62.4 Å². The molecule has 1 amide bonds. The highest BCUT2D eigenvalue weighted by Gasteiger charge is 2.06. The van der Waals surface area contributed by atoms with E-state index in [0.29, 0.717) is 5.75 Å². The zero-order chi connectivity index (χ0) is 20.5. The van der Waals surface area contributed by atoms with E-state index in [4.69, 9.17) is 17.0 Å². The van der Waals surface area contributed by atoms with Crippen LogP contribution in [0.5, 0.6) is 5.75 Å². The van der Waals surface area contributed by atoms with Crippen molar-refractivity contribution < 1.29 is 9.53 Å². The van der Waals surface area contributed by atoms with Gasteiger partial charge in [-0.3, -0.25) is 10.1 Å². The minimum atomic E-state index is -0.315. The van der Waals surface area contributed by atoms with Gasteiger partial charge in [-0.2, -0.15) is 0 Å². The molecule has 0 heterocycles. The third kappa shape index (κ3) is 6.62. The van der Waals surface area contributed by atoms with Crippen LogP contribution in [0.2, 0.25) is 0 Å². The molecule has 6 heteroatoms. The number of hydrogen-bond donors (Lipinski definition) is 3. The van der Waals surface area contributed by atoms with E-state index in [2.05, 4.69) is 22.9 Å². The van der Waals surface area contributed by atoms with Gasteiger partial charge >= 0.3 is 0 Å². The molecule has 0 fully saturated rings. The van der Waals surface area contributed by atoms with Gasteiger partial charge in [0.15, 0.2) is 11.7 Å². The normalized spacial score (nSPS) is 10.1. The van der Waals surface area contributed by atoms with Crippen molar-refractivity contribution in [2.24, 2.45) is 0 Å². The fourth-order valence-corrected chi connectivity index (χ4v) is 2.85. The molecule has 3 N–H and O–H groups in total. The van der Waals surface area contributed by atoms with Crippen LogP contribution in [-0.2, 0) is 11.2 Å². The minimum absolute atomic E-state index is 0.104. The lowest BCUT2D eigenvalue weighted by Crippen LogP contribution is -2.37. The number of hydrogen-bond acceptors (Lipinski definition) is 4. The number of para-hydroxylation sites is 1. The second-order valence-corrected chi connectivity index (χ2v) is 6.77. The standard InChI is InChI=1S/C23H23N3O2S/c1-2-17-8-14-21(15-9-17)28-16-22(27)26-23(29)25-20-12-10-19(11-13-20)24-18-6-4-3-5-7-18/h3-15,24H,2,16H2,1H3,(H2,25,26,27,29). The lowest BCUT2D eigenvalue weighted by molar-refractivity contribution is -0.121. The first kappa shape index (κ1) is 20.4. The fourth-order valence-electron chi connectivity index (χ4n) is 2.62. The summed E-state index contributed by atoms with van der Waals surface area (Å²) in [6, 6.07) is 25.2. The highest BCUT2D eigenvalue weighted by Crippen LogP contribution is 2.18. The first-order chi connectivity index (χ1) is 14.1.